The molecular formula is C31H34N2O6. The molecule has 3 aromatic rings. The highest BCUT2D eigenvalue weighted by molar-refractivity contribution is 6.51. The van der Waals surface area contributed by atoms with Crippen LogP contribution in [0.25, 0.3) is 5.76 Å². The maximum absolute atomic E-state index is 13.5. The number of Topliss-reactive ketones (excluding diaryl/α,β-unsaturated/α-hetero) is 1. The van der Waals surface area contributed by atoms with E-state index in [-0.39, 0.29) is 11.3 Å². The van der Waals surface area contributed by atoms with Crippen LogP contribution in [0.1, 0.15) is 31.0 Å². The van der Waals surface area contributed by atoms with Crippen LogP contribution in [-0.4, -0.2) is 51.7 Å². The number of hydrogen-bond acceptors (Lipinski definition) is 7. The average molecular weight is 531 g/mol. The molecule has 0 saturated carbocycles. The number of hydrogen-bond donors (Lipinski definition) is 1. The number of nitrogens with zero attached hydrogens (tertiary/aromatic N) is 2. The Labute approximate surface area is 229 Å². The molecule has 8 nitrogen and oxygen atoms in total. The van der Waals surface area contributed by atoms with Crippen LogP contribution in [0.4, 0.5) is 11.4 Å². The van der Waals surface area contributed by atoms with Gasteiger partial charge in [0.2, 0.25) is 0 Å². The van der Waals surface area contributed by atoms with Crippen LogP contribution < -0.4 is 24.0 Å². The molecule has 1 heterocycles. The van der Waals surface area contributed by atoms with Gasteiger partial charge in [-0.1, -0.05) is 19.9 Å². The van der Waals surface area contributed by atoms with Gasteiger partial charge in [-0.15, -0.1) is 0 Å². The summed E-state index contributed by atoms with van der Waals surface area (Å²) in [5.74, 6) is 0.187. The number of rotatable bonds is 9. The number of carbonyl (C=O) groups is 2. The van der Waals surface area contributed by atoms with E-state index in [4.69, 9.17) is 14.2 Å². The second kappa shape index (κ2) is 11.5. The summed E-state index contributed by atoms with van der Waals surface area (Å²) < 4.78 is 16.6. The monoisotopic (exact) mass is 530 g/mol. The van der Waals surface area contributed by atoms with Crippen LogP contribution >= 0.6 is 0 Å². The highest BCUT2D eigenvalue weighted by Crippen LogP contribution is 2.44. The van der Waals surface area contributed by atoms with Crippen LogP contribution in [0.3, 0.4) is 0 Å². The van der Waals surface area contributed by atoms with Gasteiger partial charge in [0.15, 0.2) is 11.5 Å². The lowest BCUT2D eigenvalue weighted by molar-refractivity contribution is -0.132. The minimum Gasteiger partial charge on any atom is -0.507 e. The van der Waals surface area contributed by atoms with E-state index in [1.807, 2.05) is 31.1 Å². The maximum Gasteiger partial charge on any atom is 0.300 e. The Kier molecular flexibility index (Phi) is 8.14. The second-order valence-corrected chi connectivity index (χ2v) is 9.92. The number of ether oxygens (including phenoxy) is 3. The lowest BCUT2D eigenvalue weighted by atomic mass is 9.94. The summed E-state index contributed by atoms with van der Waals surface area (Å²) >= 11 is 0. The molecule has 1 aliphatic heterocycles. The first kappa shape index (κ1) is 27.6. The Balaban J connectivity index is 1.85. The van der Waals surface area contributed by atoms with Gasteiger partial charge < -0.3 is 24.2 Å². The van der Waals surface area contributed by atoms with Crippen LogP contribution in [0.5, 0.6) is 17.2 Å². The van der Waals surface area contributed by atoms with Crippen molar-refractivity contribution in [1.82, 2.24) is 0 Å². The number of aliphatic hydroxyl groups excluding tert-OH is 1. The first-order valence-corrected chi connectivity index (χ1v) is 12.7. The Morgan fingerprint density at radius 1 is 0.923 bits per heavy atom. The van der Waals surface area contributed by atoms with E-state index in [1.165, 1.54) is 19.1 Å². The Hall–Kier alpha value is -4.46. The molecule has 0 spiro atoms. The standard InChI is InChI=1S/C31H34N2O6/c1-19(2)18-39-24-14-7-20(8-15-24)29(34)27-28(21-9-16-25(37-5)26(17-21)38-6)33(31(36)30(27)35)23-12-10-22(11-13-23)32(3)4/h7-17,19,28,34H,18H2,1-6H3/b29-27-. The van der Waals surface area contributed by atoms with E-state index in [0.717, 1.165) is 5.69 Å². The van der Waals surface area contributed by atoms with E-state index >= 15 is 0 Å². The zero-order chi connectivity index (χ0) is 28.3. The van der Waals surface area contributed by atoms with Crippen LogP contribution in [0.2, 0.25) is 0 Å². The van der Waals surface area contributed by atoms with Crippen molar-refractivity contribution in [2.24, 2.45) is 5.92 Å². The maximum atomic E-state index is 13.5. The summed E-state index contributed by atoms with van der Waals surface area (Å²) in [4.78, 5) is 30.3. The lowest BCUT2D eigenvalue weighted by Gasteiger charge is -2.26. The number of carbonyl (C=O) groups excluding carboxylic acids is 2. The second-order valence-electron chi connectivity index (χ2n) is 9.92. The summed E-state index contributed by atoms with van der Waals surface area (Å²) in [7, 11) is 6.89. The number of anilines is 2. The van der Waals surface area contributed by atoms with Gasteiger partial charge in [-0.05, 0) is 72.1 Å². The minimum atomic E-state index is -0.896. The van der Waals surface area contributed by atoms with Crippen molar-refractivity contribution in [3.8, 4) is 17.2 Å². The topological polar surface area (TPSA) is 88.5 Å². The fourth-order valence-electron chi connectivity index (χ4n) is 4.48. The Morgan fingerprint density at radius 3 is 2.13 bits per heavy atom. The fourth-order valence-corrected chi connectivity index (χ4v) is 4.48. The molecule has 0 aliphatic carbocycles. The molecule has 0 radical (unpaired) electrons. The van der Waals surface area contributed by atoms with Gasteiger partial charge in [-0.25, -0.2) is 0 Å². The molecule has 1 amide bonds. The number of amides is 1. The van der Waals surface area contributed by atoms with E-state index in [1.54, 1.807) is 54.6 Å². The van der Waals surface area contributed by atoms with Crippen molar-refractivity contribution < 1.29 is 28.9 Å². The van der Waals surface area contributed by atoms with Gasteiger partial charge in [-0.2, -0.15) is 0 Å². The predicted octanol–water partition coefficient (Wildman–Crippen LogP) is 5.43. The number of methoxy groups -OCH3 is 2. The summed E-state index contributed by atoms with van der Waals surface area (Å²) in [6.07, 6.45) is 0. The molecular weight excluding hydrogens is 496 g/mol. The highest BCUT2D eigenvalue weighted by Gasteiger charge is 2.47. The fraction of sp³-hybridized carbons (Fsp3) is 0.290. The molecule has 4 rings (SSSR count). The average Bonchev–Trinajstić information content (AvgIpc) is 3.21. The van der Waals surface area contributed by atoms with Gasteiger partial charge in [-0.3, -0.25) is 14.5 Å². The zero-order valence-corrected chi connectivity index (χ0v) is 23.1. The molecule has 3 aromatic carbocycles. The lowest BCUT2D eigenvalue weighted by Crippen LogP contribution is -2.29. The van der Waals surface area contributed by atoms with Crippen molar-refractivity contribution in [2.45, 2.75) is 19.9 Å². The van der Waals surface area contributed by atoms with Crippen molar-refractivity contribution in [1.29, 1.82) is 0 Å². The van der Waals surface area contributed by atoms with Crippen molar-refractivity contribution in [3.05, 3.63) is 83.4 Å². The highest BCUT2D eigenvalue weighted by atomic mass is 16.5. The summed E-state index contributed by atoms with van der Waals surface area (Å²) in [5, 5.41) is 11.4. The van der Waals surface area contributed by atoms with Gasteiger partial charge >= 0.3 is 0 Å². The molecule has 39 heavy (non-hydrogen) atoms. The molecule has 1 fully saturated rings. The molecule has 0 bridgehead atoms. The molecule has 1 unspecified atom stereocenters. The molecule has 1 saturated heterocycles. The Morgan fingerprint density at radius 2 is 1.56 bits per heavy atom. The van der Waals surface area contributed by atoms with E-state index in [9.17, 15) is 14.7 Å². The molecule has 1 aliphatic rings. The third-order valence-electron chi connectivity index (χ3n) is 6.52. The molecule has 1 N–H and O–H groups in total. The predicted molar refractivity (Wildman–Crippen MR) is 152 cm³/mol. The molecule has 204 valence electrons. The Bertz CT molecular complexity index is 1380. The van der Waals surface area contributed by atoms with Crippen LogP contribution in [0.15, 0.2) is 72.3 Å². The molecule has 0 aromatic heterocycles. The normalized spacial score (nSPS) is 16.5. The number of ketones is 1. The third kappa shape index (κ3) is 5.55. The summed E-state index contributed by atoms with van der Waals surface area (Å²) in [5.41, 5.74) is 2.44. The van der Waals surface area contributed by atoms with Crippen molar-refractivity contribution >= 4 is 28.8 Å². The van der Waals surface area contributed by atoms with Crippen molar-refractivity contribution in [3.63, 3.8) is 0 Å². The zero-order valence-electron chi connectivity index (χ0n) is 23.1. The first-order valence-electron chi connectivity index (χ1n) is 12.7. The van der Waals surface area contributed by atoms with E-state index in [2.05, 4.69) is 13.8 Å². The van der Waals surface area contributed by atoms with Gasteiger partial charge in [0.05, 0.1) is 32.4 Å². The summed E-state index contributed by atoms with van der Waals surface area (Å²) in [6, 6.07) is 18.4. The molecule has 1 atom stereocenters. The van der Waals surface area contributed by atoms with Gasteiger partial charge in [0.25, 0.3) is 11.7 Å². The number of benzene rings is 3. The van der Waals surface area contributed by atoms with Crippen LogP contribution in [-0.2, 0) is 9.59 Å². The first-order chi connectivity index (χ1) is 18.7. The summed E-state index contributed by atoms with van der Waals surface area (Å²) in [6.45, 7) is 4.67. The van der Waals surface area contributed by atoms with Crippen molar-refractivity contribution in [2.75, 3.05) is 44.7 Å². The SMILES string of the molecule is COc1ccc(C2/C(=C(/O)c3ccc(OCC(C)C)cc3)C(=O)C(=O)N2c2ccc(N(C)C)cc2)cc1OC. The third-order valence-corrected chi connectivity index (χ3v) is 6.52. The van der Waals surface area contributed by atoms with E-state index < -0.39 is 17.7 Å². The molecule has 8 heteroatoms. The smallest absolute Gasteiger partial charge is 0.300 e. The quantitative estimate of drug-likeness (QED) is 0.224. The van der Waals surface area contributed by atoms with Crippen LogP contribution in [0, 0.1) is 5.92 Å². The largest absolute Gasteiger partial charge is 0.507 e. The van der Waals surface area contributed by atoms with E-state index in [0.29, 0.717) is 46.6 Å². The minimum absolute atomic E-state index is 0.0141. The number of aliphatic hydroxyl groups is 1. The van der Waals surface area contributed by atoms with Gasteiger partial charge in [0, 0.05) is 31.0 Å². The van der Waals surface area contributed by atoms with Gasteiger partial charge in [0.1, 0.15) is 11.5 Å².